The zero-order valence-corrected chi connectivity index (χ0v) is 6.34. The van der Waals surface area contributed by atoms with Crippen LogP contribution in [0.15, 0.2) is 29.2 Å². The Morgan fingerprint density at radius 1 is 1.36 bits per heavy atom. The second kappa shape index (κ2) is 3.28. The zero-order valence-electron chi connectivity index (χ0n) is 5.52. The summed E-state index contributed by atoms with van der Waals surface area (Å²) in [4.78, 5) is 0.309. The Morgan fingerprint density at radius 2 is 1.91 bits per heavy atom. The highest BCUT2D eigenvalue weighted by molar-refractivity contribution is 7.79. The van der Waals surface area contributed by atoms with Gasteiger partial charge in [0.25, 0.3) is 0 Å². The lowest BCUT2D eigenvalue weighted by Gasteiger charge is -1.92. The quantitative estimate of drug-likeness (QED) is 0.638. The van der Waals surface area contributed by atoms with Gasteiger partial charge in [-0.15, -0.1) is 0 Å². The predicted octanol–water partition coefficient (Wildman–Crippen LogP) is 1.14. The largest absolute Gasteiger partial charge is 0.302 e. The normalized spacial score (nSPS) is 12.0. The lowest BCUT2D eigenvalue weighted by Crippen LogP contribution is -1.86. The third-order valence-corrected chi connectivity index (χ3v) is 1.86. The summed E-state index contributed by atoms with van der Waals surface area (Å²) >= 11 is -1.95. The van der Waals surface area contributed by atoms with Gasteiger partial charge in [0.2, 0.25) is 0 Å². The first-order valence-corrected chi connectivity index (χ1v) is 3.96. The van der Waals surface area contributed by atoms with Gasteiger partial charge in [-0.05, 0) is 24.3 Å². The molecule has 1 aromatic carbocycles. The Labute approximate surface area is 66.6 Å². The van der Waals surface area contributed by atoms with Crippen LogP contribution in [0.1, 0.15) is 5.56 Å². The van der Waals surface area contributed by atoms with Gasteiger partial charge in [0, 0.05) is 0 Å². The maximum absolute atomic E-state index is 10.4. The molecule has 1 atom stereocenters. The van der Waals surface area contributed by atoms with Gasteiger partial charge in [0.05, 0.1) is 16.5 Å². The van der Waals surface area contributed by atoms with Crippen LogP contribution in [0.25, 0.3) is 0 Å². The predicted molar refractivity (Wildman–Crippen MR) is 40.2 cm³/mol. The van der Waals surface area contributed by atoms with Crippen molar-refractivity contribution in [3.8, 4) is 6.07 Å². The van der Waals surface area contributed by atoms with Crippen molar-refractivity contribution in [1.29, 1.82) is 5.26 Å². The molecule has 56 valence electrons. The van der Waals surface area contributed by atoms with Gasteiger partial charge in [-0.2, -0.15) is 5.26 Å². The molecule has 0 heterocycles. The summed E-state index contributed by atoms with van der Waals surface area (Å²) in [5.74, 6) is 0. The third-order valence-electron chi connectivity index (χ3n) is 1.19. The number of nitriles is 1. The molecule has 0 saturated heterocycles. The number of benzene rings is 1. The standard InChI is InChI=1S/C7H5NO2S/c8-5-6-1-3-7(4-2-6)11(9)10/h1-4H,(H,9,10). The van der Waals surface area contributed by atoms with E-state index >= 15 is 0 Å². The smallest absolute Gasteiger partial charge is 0.186 e. The van der Waals surface area contributed by atoms with E-state index in [-0.39, 0.29) is 0 Å². The Morgan fingerprint density at radius 3 is 2.27 bits per heavy atom. The van der Waals surface area contributed by atoms with Gasteiger partial charge in [-0.1, -0.05) is 0 Å². The molecule has 0 saturated carbocycles. The summed E-state index contributed by atoms with van der Waals surface area (Å²) in [6.07, 6.45) is 0. The molecule has 1 aromatic rings. The van der Waals surface area contributed by atoms with E-state index in [4.69, 9.17) is 9.81 Å². The Kier molecular flexibility index (Phi) is 2.36. The molecular weight excluding hydrogens is 162 g/mol. The van der Waals surface area contributed by atoms with Crippen LogP contribution in [0.4, 0.5) is 0 Å². The average molecular weight is 167 g/mol. The summed E-state index contributed by atoms with van der Waals surface area (Å²) in [6, 6.07) is 7.83. The monoisotopic (exact) mass is 167 g/mol. The van der Waals surface area contributed by atoms with Gasteiger partial charge in [-0.3, -0.25) is 0 Å². The lowest BCUT2D eigenvalue weighted by atomic mass is 10.2. The molecule has 1 N–H and O–H groups in total. The molecule has 3 nitrogen and oxygen atoms in total. The fourth-order valence-electron chi connectivity index (χ4n) is 0.646. The van der Waals surface area contributed by atoms with E-state index in [1.54, 1.807) is 0 Å². The van der Waals surface area contributed by atoms with Crippen molar-refractivity contribution >= 4 is 11.1 Å². The summed E-state index contributed by atoms with van der Waals surface area (Å²) in [5, 5.41) is 8.38. The first-order chi connectivity index (χ1) is 5.24. The van der Waals surface area contributed by atoms with E-state index in [2.05, 4.69) is 0 Å². The minimum Gasteiger partial charge on any atom is -0.302 e. The van der Waals surface area contributed by atoms with Crippen LogP contribution < -0.4 is 0 Å². The van der Waals surface area contributed by atoms with Gasteiger partial charge in [-0.25, -0.2) is 4.21 Å². The van der Waals surface area contributed by atoms with Crippen molar-refractivity contribution in [3.63, 3.8) is 0 Å². The van der Waals surface area contributed by atoms with E-state index in [0.29, 0.717) is 10.5 Å². The molecule has 0 spiro atoms. The summed E-state index contributed by atoms with van der Waals surface area (Å²) in [7, 11) is 0. The number of hydrogen-bond acceptors (Lipinski definition) is 2. The van der Waals surface area contributed by atoms with Crippen LogP contribution in [-0.2, 0) is 11.1 Å². The van der Waals surface area contributed by atoms with Gasteiger partial charge in [0.1, 0.15) is 0 Å². The first kappa shape index (κ1) is 7.92. The highest BCUT2D eigenvalue weighted by Gasteiger charge is 1.97. The Balaban J connectivity index is 3.03. The minimum absolute atomic E-state index is 0.309. The van der Waals surface area contributed by atoms with Gasteiger partial charge < -0.3 is 4.55 Å². The second-order valence-corrected chi connectivity index (χ2v) is 2.86. The van der Waals surface area contributed by atoms with Crippen LogP contribution in [0.3, 0.4) is 0 Å². The molecule has 0 aliphatic carbocycles. The second-order valence-electron chi connectivity index (χ2n) is 1.89. The van der Waals surface area contributed by atoms with Crippen molar-refractivity contribution in [1.82, 2.24) is 0 Å². The Bertz CT molecular complexity index is 312. The van der Waals surface area contributed by atoms with Crippen LogP contribution in [0.2, 0.25) is 0 Å². The number of hydrogen-bond donors (Lipinski definition) is 1. The highest BCUT2D eigenvalue weighted by Crippen LogP contribution is 2.05. The fourth-order valence-corrected chi connectivity index (χ4v) is 1.01. The van der Waals surface area contributed by atoms with E-state index in [0.717, 1.165) is 0 Å². The topological polar surface area (TPSA) is 61.1 Å². The van der Waals surface area contributed by atoms with Crippen molar-refractivity contribution in [2.24, 2.45) is 0 Å². The third kappa shape index (κ3) is 1.87. The number of rotatable bonds is 1. The average Bonchev–Trinajstić information content (AvgIpc) is 2.05. The van der Waals surface area contributed by atoms with E-state index in [9.17, 15) is 4.21 Å². The van der Waals surface area contributed by atoms with Crippen molar-refractivity contribution < 1.29 is 8.76 Å². The van der Waals surface area contributed by atoms with Crippen LogP contribution in [0, 0.1) is 11.3 Å². The molecular formula is C7H5NO2S. The highest BCUT2D eigenvalue weighted by atomic mass is 32.2. The maximum atomic E-state index is 10.4. The van der Waals surface area contributed by atoms with E-state index < -0.39 is 11.1 Å². The maximum Gasteiger partial charge on any atom is 0.186 e. The van der Waals surface area contributed by atoms with E-state index in [1.807, 2.05) is 6.07 Å². The first-order valence-electron chi connectivity index (χ1n) is 2.85. The summed E-state index contributed by atoms with van der Waals surface area (Å²) in [6.45, 7) is 0. The SMILES string of the molecule is N#Cc1ccc(S(=O)O)cc1. The molecule has 4 heteroatoms. The number of nitrogens with zero attached hydrogens (tertiary/aromatic N) is 1. The lowest BCUT2D eigenvalue weighted by molar-refractivity contribution is 0.564. The fraction of sp³-hybridized carbons (Fsp3) is 0. The van der Waals surface area contributed by atoms with Crippen molar-refractivity contribution in [2.45, 2.75) is 4.90 Å². The molecule has 1 unspecified atom stereocenters. The van der Waals surface area contributed by atoms with Crippen molar-refractivity contribution in [2.75, 3.05) is 0 Å². The molecule has 11 heavy (non-hydrogen) atoms. The van der Waals surface area contributed by atoms with Crippen molar-refractivity contribution in [3.05, 3.63) is 29.8 Å². The molecule has 0 aliphatic rings. The van der Waals surface area contributed by atoms with E-state index in [1.165, 1.54) is 24.3 Å². The molecule has 0 bridgehead atoms. The molecule has 0 aromatic heterocycles. The molecule has 0 radical (unpaired) electrons. The van der Waals surface area contributed by atoms with Gasteiger partial charge in [0.15, 0.2) is 11.1 Å². The van der Waals surface area contributed by atoms with Crippen LogP contribution >= 0.6 is 0 Å². The Hall–Kier alpha value is -1.18. The van der Waals surface area contributed by atoms with Crippen LogP contribution in [-0.4, -0.2) is 8.76 Å². The molecule has 1 rings (SSSR count). The zero-order chi connectivity index (χ0) is 8.27. The summed E-state index contributed by atoms with van der Waals surface area (Å²) < 4.78 is 19.0. The minimum atomic E-state index is -1.95. The molecule has 0 amide bonds. The molecule has 0 aliphatic heterocycles. The molecule has 0 fully saturated rings. The van der Waals surface area contributed by atoms with Crippen LogP contribution in [0.5, 0.6) is 0 Å². The van der Waals surface area contributed by atoms with Gasteiger partial charge >= 0.3 is 0 Å². The summed E-state index contributed by atoms with van der Waals surface area (Å²) in [5.41, 5.74) is 0.485.